The van der Waals surface area contributed by atoms with Crippen molar-refractivity contribution in [1.82, 2.24) is 0 Å². The Balaban J connectivity index is 2.19. The highest BCUT2D eigenvalue weighted by molar-refractivity contribution is 5.74. The van der Waals surface area contributed by atoms with Crippen LogP contribution in [0.15, 0.2) is 24.3 Å². The SMILES string of the molecule is CC(=O)OCC1OC(Oc2ccc(C=O)cc2)CC(OC(C)=O)C1OC(C)=O. The molecule has 9 heteroatoms. The van der Waals surface area contributed by atoms with E-state index in [0.29, 0.717) is 17.6 Å². The summed E-state index contributed by atoms with van der Waals surface area (Å²) in [5.41, 5.74) is 0.484. The lowest BCUT2D eigenvalue weighted by Crippen LogP contribution is -2.54. The topological polar surface area (TPSA) is 114 Å². The third kappa shape index (κ3) is 6.34. The normalized spacial score (nSPS) is 24.0. The van der Waals surface area contributed by atoms with Crippen molar-refractivity contribution >= 4 is 24.2 Å². The van der Waals surface area contributed by atoms with E-state index >= 15 is 0 Å². The molecular weight excluding hydrogens is 372 g/mol. The van der Waals surface area contributed by atoms with Gasteiger partial charge < -0.3 is 23.7 Å². The summed E-state index contributed by atoms with van der Waals surface area (Å²) in [5.74, 6) is -1.28. The van der Waals surface area contributed by atoms with E-state index in [4.69, 9.17) is 23.7 Å². The predicted octanol–water partition coefficient (Wildman–Crippen LogP) is 1.42. The number of esters is 3. The Morgan fingerprint density at radius 2 is 1.68 bits per heavy atom. The molecule has 0 aliphatic carbocycles. The molecule has 1 saturated heterocycles. The fraction of sp³-hybridized carbons (Fsp3) is 0.474. The van der Waals surface area contributed by atoms with E-state index in [9.17, 15) is 19.2 Å². The van der Waals surface area contributed by atoms with Crippen molar-refractivity contribution in [2.45, 2.75) is 51.8 Å². The van der Waals surface area contributed by atoms with Crippen LogP contribution in [0.1, 0.15) is 37.6 Å². The molecule has 28 heavy (non-hydrogen) atoms. The average Bonchev–Trinajstić information content (AvgIpc) is 2.62. The number of hydrogen-bond donors (Lipinski definition) is 0. The molecule has 0 saturated carbocycles. The number of rotatable bonds is 7. The number of aldehydes is 1. The molecule has 1 heterocycles. The smallest absolute Gasteiger partial charge is 0.303 e. The molecule has 1 fully saturated rings. The second-order valence-corrected chi connectivity index (χ2v) is 6.17. The summed E-state index contributed by atoms with van der Waals surface area (Å²) in [4.78, 5) is 44.9. The van der Waals surface area contributed by atoms with Crippen LogP contribution in [0.2, 0.25) is 0 Å². The average molecular weight is 394 g/mol. The monoisotopic (exact) mass is 394 g/mol. The summed E-state index contributed by atoms with van der Waals surface area (Å²) >= 11 is 0. The Morgan fingerprint density at radius 3 is 2.21 bits per heavy atom. The van der Waals surface area contributed by atoms with Crippen molar-refractivity contribution in [3.05, 3.63) is 29.8 Å². The van der Waals surface area contributed by atoms with Gasteiger partial charge in [0, 0.05) is 26.3 Å². The molecule has 4 atom stereocenters. The lowest BCUT2D eigenvalue weighted by atomic mass is 10.0. The molecule has 0 spiro atoms. The lowest BCUT2D eigenvalue weighted by molar-refractivity contribution is -0.245. The van der Waals surface area contributed by atoms with Gasteiger partial charge in [-0.25, -0.2) is 0 Å². The highest BCUT2D eigenvalue weighted by Crippen LogP contribution is 2.28. The Labute approximate surface area is 161 Å². The van der Waals surface area contributed by atoms with Gasteiger partial charge >= 0.3 is 17.9 Å². The van der Waals surface area contributed by atoms with Gasteiger partial charge in [0.1, 0.15) is 30.9 Å². The Morgan fingerprint density at radius 1 is 1.04 bits per heavy atom. The summed E-state index contributed by atoms with van der Waals surface area (Å²) in [7, 11) is 0. The lowest BCUT2D eigenvalue weighted by Gasteiger charge is -2.39. The quantitative estimate of drug-likeness (QED) is 0.385. The second-order valence-electron chi connectivity index (χ2n) is 6.17. The van der Waals surface area contributed by atoms with Crippen LogP contribution in [0, 0.1) is 0 Å². The number of ether oxygens (including phenoxy) is 5. The summed E-state index contributed by atoms with van der Waals surface area (Å²) in [6, 6.07) is 6.33. The van der Waals surface area contributed by atoms with Crippen LogP contribution in [0.25, 0.3) is 0 Å². The Bertz CT molecular complexity index is 713. The number of carbonyl (C=O) groups excluding carboxylic acids is 4. The minimum Gasteiger partial charge on any atom is -0.465 e. The Kier molecular flexibility index (Phi) is 7.51. The number of carbonyl (C=O) groups is 4. The van der Waals surface area contributed by atoms with Gasteiger partial charge in [-0.15, -0.1) is 0 Å². The molecule has 1 aromatic rings. The van der Waals surface area contributed by atoms with Crippen LogP contribution >= 0.6 is 0 Å². The summed E-state index contributed by atoms with van der Waals surface area (Å²) < 4.78 is 27.1. The van der Waals surface area contributed by atoms with Crippen LogP contribution in [0.5, 0.6) is 5.75 Å². The van der Waals surface area contributed by atoms with Crippen LogP contribution in [0.3, 0.4) is 0 Å². The third-order valence-electron chi connectivity index (χ3n) is 3.84. The number of benzene rings is 1. The van der Waals surface area contributed by atoms with E-state index in [1.54, 1.807) is 24.3 Å². The van der Waals surface area contributed by atoms with Gasteiger partial charge in [-0.05, 0) is 24.3 Å². The highest BCUT2D eigenvalue weighted by Gasteiger charge is 2.44. The summed E-state index contributed by atoms with van der Waals surface area (Å²) in [6.45, 7) is 3.46. The van der Waals surface area contributed by atoms with Crippen LogP contribution in [0.4, 0.5) is 0 Å². The van der Waals surface area contributed by atoms with Crippen molar-refractivity contribution in [3.63, 3.8) is 0 Å². The maximum absolute atomic E-state index is 11.5. The predicted molar refractivity (Wildman–Crippen MR) is 93.5 cm³/mol. The first kappa shape index (κ1) is 21.4. The molecule has 0 amide bonds. The van der Waals surface area contributed by atoms with E-state index in [1.165, 1.54) is 20.8 Å². The minimum absolute atomic E-state index is 0.0868. The minimum atomic E-state index is -0.960. The molecule has 4 unspecified atom stereocenters. The first-order chi connectivity index (χ1) is 13.3. The van der Waals surface area contributed by atoms with Crippen molar-refractivity contribution in [3.8, 4) is 5.75 Å². The maximum atomic E-state index is 11.5. The molecule has 9 nitrogen and oxygen atoms in total. The molecule has 0 N–H and O–H groups in total. The van der Waals surface area contributed by atoms with E-state index in [2.05, 4.69) is 0 Å². The van der Waals surface area contributed by atoms with Crippen LogP contribution in [-0.4, -0.2) is 55.4 Å². The van der Waals surface area contributed by atoms with E-state index in [0.717, 1.165) is 0 Å². The zero-order valence-corrected chi connectivity index (χ0v) is 15.8. The molecule has 1 aliphatic heterocycles. The molecule has 152 valence electrons. The van der Waals surface area contributed by atoms with Crippen molar-refractivity contribution < 1.29 is 42.9 Å². The fourth-order valence-electron chi connectivity index (χ4n) is 2.75. The third-order valence-corrected chi connectivity index (χ3v) is 3.84. The summed E-state index contributed by atoms with van der Waals surface area (Å²) in [6.07, 6.45) is -2.78. The number of hydrogen-bond acceptors (Lipinski definition) is 9. The first-order valence-corrected chi connectivity index (χ1v) is 8.63. The molecule has 1 aliphatic rings. The van der Waals surface area contributed by atoms with Crippen molar-refractivity contribution in [2.24, 2.45) is 0 Å². The molecule has 1 aromatic carbocycles. The van der Waals surface area contributed by atoms with Gasteiger partial charge in [-0.3, -0.25) is 19.2 Å². The first-order valence-electron chi connectivity index (χ1n) is 8.63. The van der Waals surface area contributed by atoms with Gasteiger partial charge in [-0.1, -0.05) is 0 Å². The van der Waals surface area contributed by atoms with Crippen molar-refractivity contribution in [1.29, 1.82) is 0 Å². The molecule has 2 rings (SSSR count). The van der Waals surface area contributed by atoms with Crippen molar-refractivity contribution in [2.75, 3.05) is 6.61 Å². The van der Waals surface area contributed by atoms with E-state index < -0.39 is 42.5 Å². The van der Waals surface area contributed by atoms with Gasteiger partial charge in [0.2, 0.25) is 6.29 Å². The van der Waals surface area contributed by atoms with Gasteiger partial charge in [0.05, 0.1) is 6.42 Å². The standard InChI is InChI=1S/C19H22O9/c1-11(21)24-10-17-19(26-13(3)23)16(25-12(2)22)8-18(28-17)27-15-6-4-14(9-20)5-7-15/h4-7,9,16-19H,8,10H2,1-3H3. The molecule has 0 aromatic heterocycles. The molecule has 0 bridgehead atoms. The van der Waals surface area contributed by atoms with Gasteiger partial charge in [0.25, 0.3) is 0 Å². The maximum Gasteiger partial charge on any atom is 0.303 e. The fourth-order valence-corrected chi connectivity index (χ4v) is 2.75. The largest absolute Gasteiger partial charge is 0.465 e. The summed E-state index contributed by atoms with van der Waals surface area (Å²) in [5, 5.41) is 0. The van der Waals surface area contributed by atoms with Gasteiger partial charge in [0.15, 0.2) is 6.10 Å². The zero-order valence-electron chi connectivity index (χ0n) is 15.8. The van der Waals surface area contributed by atoms with Gasteiger partial charge in [-0.2, -0.15) is 0 Å². The molecule has 0 radical (unpaired) electrons. The second kappa shape index (κ2) is 9.84. The highest BCUT2D eigenvalue weighted by atomic mass is 16.7. The zero-order chi connectivity index (χ0) is 20.7. The van der Waals surface area contributed by atoms with Crippen LogP contribution < -0.4 is 4.74 Å². The van der Waals surface area contributed by atoms with E-state index in [1.807, 2.05) is 0 Å². The molecular formula is C19H22O9. The van der Waals surface area contributed by atoms with E-state index in [-0.39, 0.29) is 13.0 Å². The van der Waals surface area contributed by atoms with Crippen LogP contribution in [-0.2, 0) is 33.3 Å². The Hall–Kier alpha value is -2.94.